The van der Waals surface area contributed by atoms with Crippen molar-refractivity contribution >= 4 is 38.5 Å². The molecule has 10 aromatic rings. The molecule has 0 radical (unpaired) electrons. The summed E-state index contributed by atoms with van der Waals surface area (Å²) in [6, 6.07) is 83.2. The molecule has 1 aromatic heterocycles. The number of nitrogens with zero attached hydrogens (tertiary/aromatic N) is 1. The van der Waals surface area contributed by atoms with Crippen molar-refractivity contribution in [2.24, 2.45) is 0 Å². The summed E-state index contributed by atoms with van der Waals surface area (Å²) in [5, 5.41) is 1.33. The highest BCUT2D eigenvalue weighted by atomic mass is 32.1. The first-order chi connectivity index (χ1) is 30.5. The van der Waals surface area contributed by atoms with Gasteiger partial charge in [-0.2, -0.15) is 0 Å². The third-order valence-corrected chi connectivity index (χ3v) is 14.8. The zero-order valence-corrected chi connectivity index (χ0v) is 35.5. The van der Waals surface area contributed by atoms with E-state index >= 15 is 0 Å². The lowest BCUT2D eigenvalue weighted by Crippen LogP contribution is -2.28. The topological polar surface area (TPSA) is 3.24 Å². The first-order valence-corrected chi connectivity index (χ1v) is 22.4. The Labute approximate surface area is 367 Å². The van der Waals surface area contributed by atoms with Crippen LogP contribution in [0.2, 0.25) is 0 Å². The van der Waals surface area contributed by atoms with Crippen LogP contribution in [0.15, 0.2) is 224 Å². The van der Waals surface area contributed by atoms with Crippen LogP contribution < -0.4 is 4.90 Å². The van der Waals surface area contributed by atoms with Gasteiger partial charge in [0.1, 0.15) is 0 Å². The van der Waals surface area contributed by atoms with Crippen molar-refractivity contribution in [2.45, 2.75) is 24.7 Å². The fraction of sp³-hybridized carbons (Fsp3) is 0.0667. The maximum atomic E-state index is 2.45. The number of hydrogen-bond acceptors (Lipinski definition) is 2. The van der Waals surface area contributed by atoms with Crippen LogP contribution in [0.3, 0.4) is 0 Å². The van der Waals surface area contributed by atoms with Crippen molar-refractivity contribution < 1.29 is 0 Å². The number of thiophene rings is 1. The highest BCUT2D eigenvalue weighted by molar-refractivity contribution is 7.22. The second-order valence-corrected chi connectivity index (χ2v) is 18.3. The van der Waals surface area contributed by atoms with Crippen molar-refractivity contribution in [2.75, 3.05) is 4.90 Å². The molecule has 0 aliphatic heterocycles. The summed E-state index contributed by atoms with van der Waals surface area (Å²) >= 11 is 1.92. The Hall–Kier alpha value is -7.26. The zero-order valence-electron chi connectivity index (χ0n) is 34.7. The molecule has 0 N–H and O–H groups in total. The molecule has 0 saturated heterocycles. The van der Waals surface area contributed by atoms with Crippen LogP contribution in [0.1, 0.15) is 47.2 Å². The van der Waals surface area contributed by atoms with Gasteiger partial charge in [-0.05, 0) is 126 Å². The molecule has 0 bridgehead atoms. The monoisotopic (exact) mass is 809 g/mol. The van der Waals surface area contributed by atoms with Gasteiger partial charge in [-0.1, -0.05) is 190 Å². The van der Waals surface area contributed by atoms with Gasteiger partial charge in [0.2, 0.25) is 0 Å². The summed E-state index contributed by atoms with van der Waals surface area (Å²) in [5.41, 5.74) is 19.8. The molecule has 0 amide bonds. The molecule has 9 aromatic carbocycles. The second-order valence-electron chi connectivity index (χ2n) is 17.2. The minimum absolute atomic E-state index is 0.0530. The number of benzene rings is 9. The Morgan fingerprint density at radius 3 is 1.55 bits per heavy atom. The summed E-state index contributed by atoms with van der Waals surface area (Å²) in [6.07, 6.45) is 0. The third-order valence-electron chi connectivity index (χ3n) is 13.6. The molecule has 12 rings (SSSR count). The van der Waals surface area contributed by atoms with E-state index in [-0.39, 0.29) is 5.41 Å². The third kappa shape index (κ3) is 5.46. The first kappa shape index (κ1) is 36.6. The number of hydrogen-bond donors (Lipinski definition) is 0. The Balaban J connectivity index is 0.988. The van der Waals surface area contributed by atoms with Crippen molar-refractivity contribution in [1.29, 1.82) is 0 Å². The second kappa shape index (κ2) is 14.2. The van der Waals surface area contributed by atoms with Crippen LogP contribution in [0.5, 0.6) is 0 Å². The molecule has 1 nitrogen and oxygen atoms in total. The smallest absolute Gasteiger partial charge is 0.0728 e. The Morgan fingerprint density at radius 2 is 0.871 bits per heavy atom. The van der Waals surface area contributed by atoms with E-state index < -0.39 is 5.41 Å². The maximum absolute atomic E-state index is 2.45. The number of anilines is 3. The summed E-state index contributed by atoms with van der Waals surface area (Å²) in [4.78, 5) is 3.77. The summed E-state index contributed by atoms with van der Waals surface area (Å²) in [7, 11) is 0. The first-order valence-electron chi connectivity index (χ1n) is 21.6. The standard InChI is InChI=1S/C60H43NS/c1-59(2)53-24-14-12-22-49(53)51-39-48(35-37-54(51)59)61(46-31-26-41(27-32-46)40-16-6-3-7-17-40)47-33-28-42(29-34-47)43-30-36-55-52(38-43)58-57(50-23-13-15-25-56(50)62-58)60(55,44-18-8-4-9-19-44)45-20-10-5-11-21-45/h3-39H,1-2H3. The van der Waals surface area contributed by atoms with Gasteiger partial charge in [0, 0.05) is 32.1 Å². The molecular formula is C60H43NS. The molecule has 0 saturated carbocycles. The van der Waals surface area contributed by atoms with Gasteiger partial charge in [0.15, 0.2) is 0 Å². The Morgan fingerprint density at radius 1 is 0.371 bits per heavy atom. The molecular weight excluding hydrogens is 767 g/mol. The van der Waals surface area contributed by atoms with E-state index in [1.165, 1.54) is 87.3 Å². The lowest BCUT2D eigenvalue weighted by molar-refractivity contribution is 0.660. The van der Waals surface area contributed by atoms with Crippen molar-refractivity contribution in [3.63, 3.8) is 0 Å². The van der Waals surface area contributed by atoms with Crippen LogP contribution in [-0.4, -0.2) is 0 Å². The largest absolute Gasteiger partial charge is 0.310 e. The van der Waals surface area contributed by atoms with Crippen LogP contribution >= 0.6 is 11.3 Å². The van der Waals surface area contributed by atoms with E-state index in [1.54, 1.807) is 0 Å². The van der Waals surface area contributed by atoms with E-state index in [9.17, 15) is 0 Å². The van der Waals surface area contributed by atoms with Crippen LogP contribution in [0.4, 0.5) is 17.1 Å². The van der Waals surface area contributed by atoms with Crippen LogP contribution in [-0.2, 0) is 10.8 Å². The predicted molar refractivity (Wildman–Crippen MR) is 262 cm³/mol. The average molecular weight is 810 g/mol. The number of fused-ring (bicyclic) bond motifs is 8. The van der Waals surface area contributed by atoms with Crippen LogP contribution in [0.25, 0.3) is 53.9 Å². The van der Waals surface area contributed by atoms with E-state index in [1.807, 2.05) is 11.3 Å². The molecule has 0 unspecified atom stereocenters. The Kier molecular flexibility index (Phi) is 8.36. The highest BCUT2D eigenvalue weighted by Crippen LogP contribution is 2.61. The van der Waals surface area contributed by atoms with Gasteiger partial charge in [-0.15, -0.1) is 11.3 Å². The zero-order chi connectivity index (χ0) is 41.4. The van der Waals surface area contributed by atoms with Gasteiger partial charge in [0.05, 0.1) is 5.41 Å². The molecule has 2 heteroatoms. The molecule has 0 spiro atoms. The Bertz CT molecular complexity index is 3250. The van der Waals surface area contributed by atoms with Crippen molar-refractivity contribution in [1.82, 2.24) is 0 Å². The van der Waals surface area contributed by atoms with E-state index in [4.69, 9.17) is 0 Å². The molecule has 62 heavy (non-hydrogen) atoms. The van der Waals surface area contributed by atoms with Gasteiger partial charge in [-0.25, -0.2) is 0 Å². The normalized spacial score (nSPS) is 13.9. The quantitative estimate of drug-likeness (QED) is 0.155. The average Bonchev–Trinajstić information content (AvgIpc) is 3.94. The van der Waals surface area contributed by atoms with Crippen molar-refractivity contribution in [3.05, 3.63) is 258 Å². The lowest BCUT2D eigenvalue weighted by Gasteiger charge is -2.34. The molecule has 2 aliphatic rings. The van der Waals surface area contributed by atoms with E-state index in [0.29, 0.717) is 0 Å². The molecule has 294 valence electrons. The van der Waals surface area contributed by atoms with Crippen LogP contribution in [0, 0.1) is 0 Å². The minimum Gasteiger partial charge on any atom is -0.310 e. The van der Waals surface area contributed by atoms with E-state index in [2.05, 4.69) is 243 Å². The maximum Gasteiger partial charge on any atom is 0.0728 e. The fourth-order valence-corrected chi connectivity index (χ4v) is 11.9. The predicted octanol–water partition coefficient (Wildman–Crippen LogP) is 16.4. The molecule has 0 fully saturated rings. The SMILES string of the molecule is CC1(C)c2ccccc2-c2cc(N(c3ccc(-c4ccccc4)cc3)c3ccc(-c4ccc5c(c4)-c4sc6ccccc6c4C5(c4ccccc4)c4ccccc4)cc3)ccc21. The van der Waals surface area contributed by atoms with Gasteiger partial charge in [-0.3, -0.25) is 0 Å². The molecule has 1 heterocycles. The summed E-state index contributed by atoms with van der Waals surface area (Å²) in [6.45, 7) is 4.69. The van der Waals surface area contributed by atoms with E-state index in [0.717, 1.165) is 17.1 Å². The van der Waals surface area contributed by atoms with Gasteiger partial charge >= 0.3 is 0 Å². The molecule has 2 aliphatic carbocycles. The summed E-state index contributed by atoms with van der Waals surface area (Å²) in [5.74, 6) is 0. The minimum atomic E-state index is -0.433. The summed E-state index contributed by atoms with van der Waals surface area (Å²) < 4.78 is 1.32. The number of rotatable bonds is 7. The molecule has 0 atom stereocenters. The fourth-order valence-electron chi connectivity index (χ4n) is 10.7. The van der Waals surface area contributed by atoms with Gasteiger partial charge < -0.3 is 4.90 Å². The van der Waals surface area contributed by atoms with Crippen molar-refractivity contribution in [3.8, 4) is 43.8 Å². The highest BCUT2D eigenvalue weighted by Gasteiger charge is 2.48. The van der Waals surface area contributed by atoms with Gasteiger partial charge in [0.25, 0.3) is 0 Å². The lowest BCUT2D eigenvalue weighted by atomic mass is 9.67.